The van der Waals surface area contributed by atoms with Gasteiger partial charge >= 0.3 is 0 Å². The van der Waals surface area contributed by atoms with Crippen molar-refractivity contribution in [2.75, 3.05) is 39.3 Å². The Morgan fingerprint density at radius 1 is 0.872 bits per heavy atom. The molecule has 3 aliphatic heterocycles. The first-order valence-electron chi connectivity index (χ1n) is 17.8. The molecule has 2 fully saturated rings. The lowest BCUT2D eigenvalue weighted by atomic mass is 9.92. The summed E-state index contributed by atoms with van der Waals surface area (Å²) in [6, 6.07) is 16.0. The fraction of sp³-hybridized carbons (Fsp3) is 0.605. The summed E-state index contributed by atoms with van der Waals surface area (Å²) in [5.41, 5.74) is 3.41. The van der Waals surface area contributed by atoms with Crippen molar-refractivity contribution in [2.45, 2.75) is 96.8 Å². The van der Waals surface area contributed by atoms with E-state index in [9.17, 15) is 14.4 Å². The molecule has 3 amide bonds. The number of benzene rings is 2. The maximum Gasteiger partial charge on any atom is 0.245 e. The van der Waals surface area contributed by atoms with Crippen molar-refractivity contribution in [3.05, 3.63) is 70.2 Å². The number of likely N-dealkylation sites (tertiary alicyclic amines) is 2. The lowest BCUT2D eigenvalue weighted by molar-refractivity contribution is -0.138. The van der Waals surface area contributed by atoms with E-state index < -0.39 is 6.04 Å². The van der Waals surface area contributed by atoms with Gasteiger partial charge in [-0.2, -0.15) is 0 Å². The number of nitrogens with zero attached hydrogens (tertiary/aromatic N) is 3. The highest BCUT2D eigenvalue weighted by Crippen LogP contribution is 2.28. The highest BCUT2D eigenvalue weighted by atomic mass is 35.5. The van der Waals surface area contributed by atoms with Gasteiger partial charge in [0.25, 0.3) is 0 Å². The number of hydrogen-bond acceptors (Lipinski definition) is 5. The topological polar surface area (TPSA) is 85.0 Å². The molecule has 0 bridgehead atoms. The zero-order valence-corrected chi connectivity index (χ0v) is 29.5. The third-order valence-corrected chi connectivity index (χ3v) is 10.4. The molecule has 2 N–H and O–H groups in total. The molecule has 8 nitrogen and oxygen atoms in total. The molecule has 0 saturated carbocycles. The lowest BCUT2D eigenvalue weighted by Gasteiger charge is -2.46. The van der Waals surface area contributed by atoms with Crippen LogP contribution >= 0.6 is 11.6 Å². The molecule has 9 heteroatoms. The van der Waals surface area contributed by atoms with Crippen molar-refractivity contribution in [1.29, 1.82) is 0 Å². The van der Waals surface area contributed by atoms with Gasteiger partial charge in [0.1, 0.15) is 6.04 Å². The van der Waals surface area contributed by atoms with Crippen LogP contribution in [0.5, 0.6) is 0 Å². The fourth-order valence-electron chi connectivity index (χ4n) is 7.71. The number of fused-ring (bicyclic) bond motifs is 1. The number of rotatable bonds is 11. The lowest BCUT2D eigenvalue weighted by Crippen LogP contribution is -2.57. The second-order valence-electron chi connectivity index (χ2n) is 14.5. The number of amides is 3. The third kappa shape index (κ3) is 9.36. The van der Waals surface area contributed by atoms with Crippen LogP contribution in [0.2, 0.25) is 5.02 Å². The number of hydrogen-bond donors (Lipinski definition) is 2. The molecule has 0 aliphatic carbocycles. The monoisotopic (exact) mass is 663 g/mol. The second kappa shape index (κ2) is 16.4. The average Bonchev–Trinajstić information content (AvgIpc) is 3.07. The van der Waals surface area contributed by atoms with E-state index in [2.05, 4.69) is 41.5 Å². The fourth-order valence-corrected chi connectivity index (χ4v) is 7.84. The van der Waals surface area contributed by atoms with Gasteiger partial charge in [-0.1, -0.05) is 75.7 Å². The highest BCUT2D eigenvalue weighted by Gasteiger charge is 2.36. The van der Waals surface area contributed by atoms with Gasteiger partial charge in [0.2, 0.25) is 17.7 Å². The van der Waals surface area contributed by atoms with Gasteiger partial charge in [0.15, 0.2) is 0 Å². The van der Waals surface area contributed by atoms with Crippen molar-refractivity contribution in [3.63, 3.8) is 0 Å². The number of carbonyl (C=O) groups excluding carboxylic acids is 3. The van der Waals surface area contributed by atoms with E-state index in [0.29, 0.717) is 42.5 Å². The molecule has 2 atom stereocenters. The van der Waals surface area contributed by atoms with Gasteiger partial charge in [-0.25, -0.2) is 0 Å². The quantitative estimate of drug-likeness (QED) is 0.344. The van der Waals surface area contributed by atoms with Crippen LogP contribution in [-0.4, -0.2) is 89.8 Å². The van der Waals surface area contributed by atoms with Gasteiger partial charge in [0.05, 0.1) is 0 Å². The zero-order valence-electron chi connectivity index (χ0n) is 28.7. The molecule has 3 heterocycles. The number of halogens is 1. The van der Waals surface area contributed by atoms with E-state index in [0.717, 1.165) is 63.8 Å². The van der Waals surface area contributed by atoms with Crippen LogP contribution < -0.4 is 10.6 Å². The number of carbonyl (C=O) groups is 3. The molecule has 1 unspecified atom stereocenters. The minimum absolute atomic E-state index is 0.0142. The summed E-state index contributed by atoms with van der Waals surface area (Å²) >= 11 is 6.15. The largest absolute Gasteiger partial charge is 0.344 e. The molecular weight excluding hydrogens is 610 g/mol. The molecule has 256 valence electrons. The van der Waals surface area contributed by atoms with Gasteiger partial charge in [-0.3, -0.25) is 19.3 Å². The first kappa shape index (κ1) is 35.4. The summed E-state index contributed by atoms with van der Waals surface area (Å²) in [6.45, 7) is 13.3. The van der Waals surface area contributed by atoms with E-state index in [1.807, 2.05) is 60.0 Å². The molecular formula is C38H54ClN5O3. The van der Waals surface area contributed by atoms with Crippen molar-refractivity contribution in [3.8, 4) is 0 Å². The number of nitrogens with one attached hydrogen (secondary N) is 2. The molecule has 2 aromatic carbocycles. The summed E-state index contributed by atoms with van der Waals surface area (Å²) in [5, 5.41) is 7.29. The Hall–Kier alpha value is -2.94. The van der Waals surface area contributed by atoms with E-state index >= 15 is 0 Å². The predicted octanol–water partition coefficient (Wildman–Crippen LogP) is 5.24. The first-order chi connectivity index (χ1) is 22.6. The summed E-state index contributed by atoms with van der Waals surface area (Å²) < 4.78 is 0. The normalized spacial score (nSPS) is 20.0. The summed E-state index contributed by atoms with van der Waals surface area (Å²) in [4.78, 5) is 46.9. The van der Waals surface area contributed by atoms with Crippen LogP contribution in [0.25, 0.3) is 0 Å². The summed E-state index contributed by atoms with van der Waals surface area (Å²) in [7, 11) is 0. The Morgan fingerprint density at radius 3 is 2.06 bits per heavy atom. The van der Waals surface area contributed by atoms with Crippen molar-refractivity contribution < 1.29 is 14.4 Å². The minimum atomic E-state index is -0.645. The average molecular weight is 664 g/mol. The zero-order chi connectivity index (χ0) is 33.5. The molecule has 2 aromatic rings. The first-order valence-corrected chi connectivity index (χ1v) is 18.1. The van der Waals surface area contributed by atoms with E-state index in [-0.39, 0.29) is 36.1 Å². The molecule has 2 saturated heterocycles. The Morgan fingerprint density at radius 2 is 1.47 bits per heavy atom. The van der Waals surface area contributed by atoms with Crippen LogP contribution in [-0.2, 0) is 27.2 Å². The smallest absolute Gasteiger partial charge is 0.245 e. The third-order valence-electron chi connectivity index (χ3n) is 10.2. The van der Waals surface area contributed by atoms with Crippen molar-refractivity contribution in [2.24, 2.45) is 11.8 Å². The number of piperidine rings is 2. The van der Waals surface area contributed by atoms with Crippen LogP contribution in [0.1, 0.15) is 82.5 Å². The maximum atomic E-state index is 14.1. The Bertz CT molecular complexity index is 1350. The maximum absolute atomic E-state index is 14.1. The Balaban J connectivity index is 1.23. The summed E-state index contributed by atoms with van der Waals surface area (Å²) in [6.07, 6.45) is 5.48. The van der Waals surface area contributed by atoms with E-state index in [4.69, 9.17) is 11.6 Å². The van der Waals surface area contributed by atoms with Crippen molar-refractivity contribution in [1.82, 2.24) is 25.3 Å². The molecule has 3 aliphatic rings. The molecule has 0 radical (unpaired) electrons. The van der Waals surface area contributed by atoms with Crippen LogP contribution in [0.3, 0.4) is 0 Å². The van der Waals surface area contributed by atoms with Crippen LogP contribution in [0, 0.1) is 11.8 Å². The van der Waals surface area contributed by atoms with Gasteiger partial charge in [-0.05, 0) is 73.4 Å². The molecule has 0 aromatic heterocycles. The Kier molecular flexibility index (Phi) is 12.4. The molecule has 0 spiro atoms. The van der Waals surface area contributed by atoms with Gasteiger partial charge in [0, 0.05) is 74.6 Å². The second-order valence-corrected chi connectivity index (χ2v) is 14.9. The van der Waals surface area contributed by atoms with E-state index in [1.165, 1.54) is 11.1 Å². The SMILES string of the molecule is CC(C)CN(C1CCN(C(=O)C(C)C)CC1)C1CCN(C(=O)[C@@H](Cc2ccc(Cl)cc2)NC(=O)CC2NCCc3ccccc32)CC1. The highest BCUT2D eigenvalue weighted by molar-refractivity contribution is 6.30. The van der Waals surface area contributed by atoms with Crippen molar-refractivity contribution >= 4 is 29.3 Å². The van der Waals surface area contributed by atoms with Crippen LogP contribution in [0.15, 0.2) is 48.5 Å². The predicted molar refractivity (Wildman–Crippen MR) is 188 cm³/mol. The molecule has 5 rings (SSSR count). The van der Waals surface area contributed by atoms with Crippen LogP contribution in [0.4, 0.5) is 0 Å². The summed E-state index contributed by atoms with van der Waals surface area (Å²) in [5.74, 6) is 0.695. The van der Waals surface area contributed by atoms with Gasteiger partial charge < -0.3 is 20.4 Å². The van der Waals surface area contributed by atoms with Gasteiger partial charge in [-0.15, -0.1) is 0 Å². The van der Waals surface area contributed by atoms with E-state index in [1.54, 1.807) is 0 Å². The standard InChI is InChI=1S/C38H54ClN5O3/c1-26(2)25-44(31-14-19-42(20-15-31)37(46)27(3)4)32-16-21-43(22-17-32)38(47)35(23-28-9-11-30(39)12-10-28)41-36(45)24-34-33-8-6-5-7-29(33)13-18-40-34/h5-12,26-27,31-32,34-35,40H,13-25H2,1-4H3,(H,41,45)/t34?,35-/m1/s1. The molecule has 47 heavy (non-hydrogen) atoms. The minimum Gasteiger partial charge on any atom is -0.344 e. The Labute approximate surface area is 286 Å².